The quantitative estimate of drug-likeness (QED) is 0.188. The summed E-state index contributed by atoms with van der Waals surface area (Å²) in [6, 6.07) is 55.9. The molecule has 45 heavy (non-hydrogen) atoms. The number of nitrogens with zero attached hydrogens (tertiary/aromatic N) is 1. The molecule has 0 saturated heterocycles. The second-order valence-corrected chi connectivity index (χ2v) is 13.9. The number of fused-ring (bicyclic) bond motifs is 9. The molecule has 0 bridgehead atoms. The molecule has 0 unspecified atom stereocenters. The van der Waals surface area contributed by atoms with E-state index in [0.29, 0.717) is 0 Å². The van der Waals surface area contributed by atoms with Crippen LogP contribution in [-0.4, -0.2) is 4.57 Å². The molecule has 7 aromatic carbocycles. The first-order valence-electron chi connectivity index (χ1n) is 15.3. The minimum Gasteiger partial charge on any atom is -0.309 e. The monoisotopic (exact) mass is 607 g/mol. The van der Waals surface area contributed by atoms with Crippen molar-refractivity contribution in [3.05, 3.63) is 152 Å². The lowest BCUT2D eigenvalue weighted by atomic mass is 9.97. The standard InChI is InChI=1S/C42H25NS2/c1-4-19-37-31(14-1)35-25-41-36(33-16-3-5-20-39(33)44-41)24-38(35)43(37)29-13-8-11-27(23-29)26-10-7-12-28(22-26)30-17-9-18-34-32-15-2-6-21-40(32)45-42(30)34/h1-25H. The lowest BCUT2D eigenvalue weighted by molar-refractivity contribution is 1.18. The third-order valence-electron chi connectivity index (χ3n) is 9.19. The molecule has 0 fully saturated rings. The lowest BCUT2D eigenvalue weighted by Crippen LogP contribution is -1.94. The van der Waals surface area contributed by atoms with Crippen LogP contribution in [0.2, 0.25) is 0 Å². The summed E-state index contributed by atoms with van der Waals surface area (Å²) in [6.45, 7) is 0. The highest BCUT2D eigenvalue weighted by Gasteiger charge is 2.16. The zero-order chi connectivity index (χ0) is 29.5. The predicted molar refractivity (Wildman–Crippen MR) is 197 cm³/mol. The van der Waals surface area contributed by atoms with Crippen LogP contribution >= 0.6 is 22.7 Å². The van der Waals surface area contributed by atoms with Gasteiger partial charge in [0.25, 0.3) is 0 Å². The van der Waals surface area contributed by atoms with Gasteiger partial charge in [0.15, 0.2) is 0 Å². The van der Waals surface area contributed by atoms with Crippen LogP contribution < -0.4 is 0 Å². The molecule has 0 saturated carbocycles. The van der Waals surface area contributed by atoms with E-state index < -0.39 is 0 Å². The topological polar surface area (TPSA) is 4.93 Å². The van der Waals surface area contributed by atoms with Crippen LogP contribution in [0.5, 0.6) is 0 Å². The molecule has 0 amide bonds. The summed E-state index contributed by atoms with van der Waals surface area (Å²) in [4.78, 5) is 0. The van der Waals surface area contributed by atoms with Gasteiger partial charge in [0.05, 0.1) is 11.0 Å². The Morgan fingerprint density at radius 3 is 1.87 bits per heavy atom. The van der Waals surface area contributed by atoms with Crippen molar-refractivity contribution in [2.75, 3.05) is 0 Å². The van der Waals surface area contributed by atoms with E-state index in [2.05, 4.69) is 156 Å². The predicted octanol–water partition coefficient (Wildman–Crippen LogP) is 12.9. The van der Waals surface area contributed by atoms with Gasteiger partial charge in [-0.25, -0.2) is 0 Å². The van der Waals surface area contributed by atoms with Gasteiger partial charge in [-0.1, -0.05) is 103 Å². The third-order valence-corrected chi connectivity index (χ3v) is 11.5. The molecule has 0 aliphatic rings. The Kier molecular flexibility index (Phi) is 5.39. The number of thiophene rings is 2. The van der Waals surface area contributed by atoms with Gasteiger partial charge < -0.3 is 4.57 Å². The molecular formula is C42H25NS2. The Morgan fingerprint density at radius 1 is 0.356 bits per heavy atom. The molecule has 0 spiro atoms. The highest BCUT2D eigenvalue weighted by Crippen LogP contribution is 2.42. The van der Waals surface area contributed by atoms with Crippen molar-refractivity contribution in [1.29, 1.82) is 0 Å². The second kappa shape index (κ2) is 9.64. The van der Waals surface area contributed by atoms with E-state index in [4.69, 9.17) is 0 Å². The molecule has 0 radical (unpaired) electrons. The Balaban J connectivity index is 1.15. The summed E-state index contributed by atoms with van der Waals surface area (Å²) in [7, 11) is 0. The van der Waals surface area contributed by atoms with Gasteiger partial charge in [-0.05, 0) is 70.8 Å². The summed E-state index contributed by atoms with van der Waals surface area (Å²) in [6.07, 6.45) is 0. The number of para-hydroxylation sites is 1. The molecular weight excluding hydrogens is 583 g/mol. The van der Waals surface area contributed by atoms with E-state index in [0.717, 1.165) is 0 Å². The zero-order valence-corrected chi connectivity index (χ0v) is 25.8. The van der Waals surface area contributed by atoms with E-state index in [9.17, 15) is 0 Å². The van der Waals surface area contributed by atoms with Crippen molar-refractivity contribution in [2.24, 2.45) is 0 Å². The fourth-order valence-corrected chi connectivity index (χ4v) is 9.50. The Bertz CT molecular complexity index is 2770. The van der Waals surface area contributed by atoms with Gasteiger partial charge in [-0.2, -0.15) is 0 Å². The largest absolute Gasteiger partial charge is 0.309 e. The maximum atomic E-state index is 2.45. The average Bonchev–Trinajstić information content (AvgIpc) is 3.76. The van der Waals surface area contributed by atoms with Crippen LogP contribution in [0.3, 0.4) is 0 Å². The first kappa shape index (κ1) is 25.1. The van der Waals surface area contributed by atoms with Crippen molar-refractivity contribution in [2.45, 2.75) is 0 Å². The van der Waals surface area contributed by atoms with Gasteiger partial charge in [0.1, 0.15) is 0 Å². The number of hydrogen-bond donors (Lipinski definition) is 0. The SMILES string of the molecule is c1cc(-c2cccc(-n3c4ccccc4c4cc5sc6ccccc6c5cc43)c2)cc(-c2cccc3c2sc2ccccc23)c1. The minimum atomic E-state index is 1.18. The number of hydrogen-bond acceptors (Lipinski definition) is 2. The highest BCUT2D eigenvalue weighted by molar-refractivity contribution is 7.26. The van der Waals surface area contributed by atoms with Crippen LogP contribution in [0.25, 0.3) is 90.1 Å². The van der Waals surface area contributed by atoms with E-state index in [1.807, 2.05) is 22.7 Å². The van der Waals surface area contributed by atoms with Crippen LogP contribution in [0, 0.1) is 0 Å². The van der Waals surface area contributed by atoms with Crippen molar-refractivity contribution in [1.82, 2.24) is 4.57 Å². The van der Waals surface area contributed by atoms with Gasteiger partial charge in [0.2, 0.25) is 0 Å². The molecule has 3 aromatic heterocycles. The molecule has 210 valence electrons. The zero-order valence-electron chi connectivity index (χ0n) is 24.2. The number of rotatable bonds is 3. The summed E-state index contributed by atoms with van der Waals surface area (Å²) in [5.74, 6) is 0. The van der Waals surface area contributed by atoms with Gasteiger partial charge in [0, 0.05) is 56.8 Å². The first-order valence-corrected chi connectivity index (χ1v) is 16.9. The van der Waals surface area contributed by atoms with Crippen molar-refractivity contribution >= 4 is 84.8 Å². The van der Waals surface area contributed by atoms with Crippen LogP contribution in [0.1, 0.15) is 0 Å². The second-order valence-electron chi connectivity index (χ2n) is 11.7. The Hall–Kier alpha value is -5.22. The molecule has 10 rings (SSSR count). The molecule has 1 nitrogen and oxygen atoms in total. The maximum absolute atomic E-state index is 2.45. The summed E-state index contributed by atoms with van der Waals surface area (Å²) in [5, 5.41) is 7.91. The summed E-state index contributed by atoms with van der Waals surface area (Å²) < 4.78 is 7.81. The normalized spacial score (nSPS) is 12.0. The van der Waals surface area contributed by atoms with Crippen LogP contribution in [0.4, 0.5) is 0 Å². The van der Waals surface area contributed by atoms with E-state index in [1.54, 1.807) is 0 Å². The van der Waals surface area contributed by atoms with Crippen molar-refractivity contribution < 1.29 is 0 Å². The summed E-state index contributed by atoms with van der Waals surface area (Å²) in [5.41, 5.74) is 8.63. The molecule has 0 aliphatic heterocycles. The number of benzene rings is 7. The molecule has 3 heterocycles. The Labute approximate surface area is 267 Å². The van der Waals surface area contributed by atoms with Gasteiger partial charge in [-0.15, -0.1) is 22.7 Å². The van der Waals surface area contributed by atoms with Gasteiger partial charge in [-0.3, -0.25) is 0 Å². The molecule has 10 aromatic rings. The number of aromatic nitrogens is 1. The summed E-state index contributed by atoms with van der Waals surface area (Å²) >= 11 is 3.77. The van der Waals surface area contributed by atoms with E-state index in [1.165, 1.54) is 90.1 Å². The lowest BCUT2D eigenvalue weighted by Gasteiger charge is -2.12. The Morgan fingerprint density at radius 2 is 1.00 bits per heavy atom. The molecule has 3 heteroatoms. The van der Waals surface area contributed by atoms with E-state index in [-0.39, 0.29) is 0 Å². The smallest absolute Gasteiger partial charge is 0.0548 e. The van der Waals surface area contributed by atoms with Crippen LogP contribution in [0.15, 0.2) is 152 Å². The third kappa shape index (κ3) is 3.78. The molecule has 0 aliphatic carbocycles. The fraction of sp³-hybridized carbons (Fsp3) is 0. The highest BCUT2D eigenvalue weighted by atomic mass is 32.1. The minimum absolute atomic E-state index is 1.18. The van der Waals surface area contributed by atoms with Crippen LogP contribution in [-0.2, 0) is 0 Å². The molecule has 0 N–H and O–H groups in total. The van der Waals surface area contributed by atoms with E-state index >= 15 is 0 Å². The van der Waals surface area contributed by atoms with Gasteiger partial charge >= 0.3 is 0 Å². The van der Waals surface area contributed by atoms with Crippen molar-refractivity contribution in [3.8, 4) is 27.9 Å². The average molecular weight is 608 g/mol. The van der Waals surface area contributed by atoms with Crippen molar-refractivity contribution in [3.63, 3.8) is 0 Å². The fourth-order valence-electron chi connectivity index (χ4n) is 7.13. The first-order chi connectivity index (χ1) is 22.3. The molecule has 0 atom stereocenters. The maximum Gasteiger partial charge on any atom is 0.0548 e.